The van der Waals surface area contributed by atoms with Crippen molar-refractivity contribution in [3.05, 3.63) is 82.3 Å². The van der Waals surface area contributed by atoms with E-state index in [0.717, 1.165) is 5.56 Å². The average molecular weight is 526 g/mol. The maximum Gasteiger partial charge on any atom is 0.337 e. The molecule has 0 spiro atoms. The molecule has 1 aliphatic heterocycles. The Bertz CT molecular complexity index is 1440. The van der Waals surface area contributed by atoms with Gasteiger partial charge < -0.3 is 19.5 Å². The fourth-order valence-corrected chi connectivity index (χ4v) is 6.00. The van der Waals surface area contributed by atoms with Gasteiger partial charge in [-0.3, -0.25) is 4.79 Å². The first kappa shape index (κ1) is 25.3. The molecule has 1 heterocycles. The maximum absolute atomic E-state index is 13.2. The molecule has 186 valence electrons. The number of nitrogens with one attached hydrogen (secondary N) is 1. The van der Waals surface area contributed by atoms with Crippen molar-refractivity contribution in [3.63, 3.8) is 0 Å². The lowest BCUT2D eigenvalue weighted by Gasteiger charge is -2.20. The average Bonchev–Trinajstić information content (AvgIpc) is 2.88. The molecule has 0 fully saturated rings. The van der Waals surface area contributed by atoms with Gasteiger partial charge in [0.05, 0.1) is 53.7 Å². The van der Waals surface area contributed by atoms with E-state index in [9.17, 15) is 18.0 Å². The summed E-state index contributed by atoms with van der Waals surface area (Å²) in [4.78, 5) is 25.6. The summed E-state index contributed by atoms with van der Waals surface area (Å²) in [5.74, 6) is -0.302. The number of benzene rings is 3. The lowest BCUT2D eigenvalue weighted by atomic mass is 10.1. The monoisotopic (exact) mass is 525 g/mol. The summed E-state index contributed by atoms with van der Waals surface area (Å²) in [6.45, 7) is 0. The zero-order valence-corrected chi connectivity index (χ0v) is 21.4. The van der Waals surface area contributed by atoms with Crippen molar-refractivity contribution in [2.75, 3.05) is 26.6 Å². The number of fused-ring (bicyclic) bond motifs is 1. The van der Waals surface area contributed by atoms with Crippen LogP contribution >= 0.6 is 11.8 Å². The molecular weight excluding hydrogens is 502 g/mol. The Balaban J connectivity index is 1.59. The van der Waals surface area contributed by atoms with Gasteiger partial charge in [0.1, 0.15) is 11.5 Å². The first-order valence-electron chi connectivity index (χ1n) is 10.7. The highest BCUT2D eigenvalue weighted by Gasteiger charge is 2.26. The molecule has 0 saturated heterocycles. The summed E-state index contributed by atoms with van der Waals surface area (Å²) in [6.07, 6.45) is 1.70. The molecule has 1 amide bonds. The SMILES string of the molecule is COC(=O)c1ccc(C=C2Sc3ccc(S(=O)(=O)Cc4c(OC)cccc4OC)cc3NC2=O)cc1. The Hall–Kier alpha value is -3.76. The van der Waals surface area contributed by atoms with Crippen LogP contribution in [0.2, 0.25) is 0 Å². The molecule has 36 heavy (non-hydrogen) atoms. The molecule has 0 aliphatic carbocycles. The number of amides is 1. The minimum Gasteiger partial charge on any atom is -0.496 e. The number of esters is 1. The summed E-state index contributed by atoms with van der Waals surface area (Å²) in [6, 6.07) is 16.4. The first-order chi connectivity index (χ1) is 17.2. The Morgan fingerprint density at radius 1 is 0.972 bits per heavy atom. The molecule has 0 unspecified atom stereocenters. The van der Waals surface area contributed by atoms with E-state index in [1.54, 1.807) is 54.6 Å². The summed E-state index contributed by atoms with van der Waals surface area (Å²) in [5, 5.41) is 2.77. The van der Waals surface area contributed by atoms with Crippen LogP contribution in [0, 0.1) is 0 Å². The summed E-state index contributed by atoms with van der Waals surface area (Å²) in [7, 11) is 0.467. The van der Waals surface area contributed by atoms with Crippen LogP contribution in [0.5, 0.6) is 11.5 Å². The normalized spacial score (nSPS) is 14.1. The van der Waals surface area contributed by atoms with Crippen molar-refractivity contribution in [1.82, 2.24) is 0 Å². The Morgan fingerprint density at radius 2 is 1.64 bits per heavy atom. The largest absolute Gasteiger partial charge is 0.496 e. The van der Waals surface area contributed by atoms with Crippen LogP contribution in [-0.2, 0) is 25.1 Å². The van der Waals surface area contributed by atoms with E-state index in [-0.39, 0.29) is 16.6 Å². The van der Waals surface area contributed by atoms with Crippen molar-refractivity contribution in [1.29, 1.82) is 0 Å². The van der Waals surface area contributed by atoms with Gasteiger partial charge in [0.25, 0.3) is 5.91 Å². The van der Waals surface area contributed by atoms with E-state index in [1.165, 1.54) is 45.2 Å². The highest BCUT2D eigenvalue weighted by atomic mass is 32.2. The molecule has 1 aliphatic rings. The van der Waals surface area contributed by atoms with Crippen LogP contribution in [0.15, 0.2) is 75.4 Å². The van der Waals surface area contributed by atoms with Crippen LogP contribution in [0.3, 0.4) is 0 Å². The van der Waals surface area contributed by atoms with Gasteiger partial charge in [0.2, 0.25) is 0 Å². The zero-order chi connectivity index (χ0) is 25.9. The van der Waals surface area contributed by atoms with Crippen LogP contribution in [-0.4, -0.2) is 41.6 Å². The second-order valence-corrected chi connectivity index (χ2v) is 10.8. The third-order valence-electron chi connectivity index (χ3n) is 5.50. The number of anilines is 1. The number of carbonyl (C=O) groups is 2. The number of methoxy groups -OCH3 is 3. The lowest BCUT2D eigenvalue weighted by Crippen LogP contribution is -2.18. The van der Waals surface area contributed by atoms with E-state index in [2.05, 4.69) is 5.32 Å². The molecule has 3 aromatic carbocycles. The van der Waals surface area contributed by atoms with Gasteiger partial charge in [0, 0.05) is 4.90 Å². The highest BCUT2D eigenvalue weighted by molar-refractivity contribution is 8.04. The number of hydrogen-bond donors (Lipinski definition) is 1. The summed E-state index contributed by atoms with van der Waals surface area (Å²) >= 11 is 1.23. The molecule has 0 atom stereocenters. The van der Waals surface area contributed by atoms with E-state index in [1.807, 2.05) is 0 Å². The molecular formula is C26H23NO7S2. The quantitative estimate of drug-likeness (QED) is 0.354. The molecule has 0 aromatic heterocycles. The van der Waals surface area contributed by atoms with Crippen LogP contribution in [0.25, 0.3) is 6.08 Å². The third-order valence-corrected chi connectivity index (χ3v) is 8.24. The zero-order valence-electron chi connectivity index (χ0n) is 19.7. The van der Waals surface area contributed by atoms with E-state index >= 15 is 0 Å². The van der Waals surface area contributed by atoms with Gasteiger partial charge in [-0.25, -0.2) is 13.2 Å². The molecule has 10 heteroatoms. The number of rotatable bonds is 7. The van der Waals surface area contributed by atoms with Gasteiger partial charge in [-0.1, -0.05) is 30.0 Å². The summed E-state index contributed by atoms with van der Waals surface area (Å²) in [5.41, 5.74) is 1.97. The number of sulfone groups is 1. The van der Waals surface area contributed by atoms with Gasteiger partial charge in [-0.05, 0) is 54.1 Å². The van der Waals surface area contributed by atoms with Crippen molar-refractivity contribution in [2.45, 2.75) is 15.5 Å². The molecule has 0 saturated carbocycles. The highest BCUT2D eigenvalue weighted by Crippen LogP contribution is 2.41. The lowest BCUT2D eigenvalue weighted by molar-refractivity contribution is -0.112. The predicted octanol–water partition coefficient (Wildman–Crippen LogP) is 4.55. The van der Waals surface area contributed by atoms with Gasteiger partial charge in [0.15, 0.2) is 9.84 Å². The minimum absolute atomic E-state index is 0.0703. The molecule has 8 nitrogen and oxygen atoms in total. The molecule has 0 bridgehead atoms. The van der Waals surface area contributed by atoms with Crippen molar-refractivity contribution >= 4 is 45.2 Å². The van der Waals surface area contributed by atoms with Crippen molar-refractivity contribution < 1.29 is 32.2 Å². The molecule has 0 radical (unpaired) electrons. The second kappa shape index (κ2) is 10.5. The Morgan fingerprint density at radius 3 is 2.25 bits per heavy atom. The number of carbonyl (C=O) groups excluding carboxylic acids is 2. The fraction of sp³-hybridized carbons (Fsp3) is 0.154. The molecule has 3 aromatic rings. The van der Waals surface area contributed by atoms with Crippen molar-refractivity contribution in [3.8, 4) is 11.5 Å². The maximum atomic E-state index is 13.2. The van der Waals surface area contributed by atoms with E-state index < -0.39 is 15.8 Å². The fourth-order valence-electron chi connectivity index (χ4n) is 3.66. The Kier molecular flexibility index (Phi) is 7.37. The van der Waals surface area contributed by atoms with Gasteiger partial charge in [-0.15, -0.1) is 0 Å². The predicted molar refractivity (Wildman–Crippen MR) is 137 cm³/mol. The number of hydrogen-bond acceptors (Lipinski definition) is 8. The van der Waals surface area contributed by atoms with E-state index in [4.69, 9.17) is 14.2 Å². The van der Waals surface area contributed by atoms with Crippen LogP contribution < -0.4 is 14.8 Å². The number of ether oxygens (including phenoxy) is 3. The topological polar surface area (TPSA) is 108 Å². The van der Waals surface area contributed by atoms with Gasteiger partial charge in [-0.2, -0.15) is 0 Å². The molecule has 1 N–H and O–H groups in total. The van der Waals surface area contributed by atoms with Crippen LogP contribution in [0.1, 0.15) is 21.5 Å². The van der Waals surface area contributed by atoms with Crippen LogP contribution in [0.4, 0.5) is 5.69 Å². The smallest absolute Gasteiger partial charge is 0.337 e. The van der Waals surface area contributed by atoms with Crippen molar-refractivity contribution in [2.24, 2.45) is 0 Å². The summed E-state index contributed by atoms with van der Waals surface area (Å²) < 4.78 is 41.8. The second-order valence-electron chi connectivity index (χ2n) is 7.74. The number of thioether (sulfide) groups is 1. The van der Waals surface area contributed by atoms with Gasteiger partial charge >= 0.3 is 5.97 Å². The Labute approximate surface area is 213 Å². The minimum atomic E-state index is -3.78. The van der Waals surface area contributed by atoms with E-state index in [0.29, 0.717) is 38.1 Å². The molecule has 4 rings (SSSR count). The third kappa shape index (κ3) is 5.24. The standard InChI is InChI=1S/C26H23NO7S2/c1-32-21-5-4-6-22(33-2)19(21)15-36(30,31)18-11-12-23-20(14-18)27-25(28)24(35-23)13-16-7-9-17(10-8-16)26(29)34-3/h4-14H,15H2,1-3H3,(H,27,28). The first-order valence-corrected chi connectivity index (χ1v) is 13.2.